The molecule has 1 heterocycles. The molecule has 0 amide bonds. The molecular weight excluding hydrogens is 216 g/mol. The lowest BCUT2D eigenvalue weighted by atomic mass is 9.81. The van der Waals surface area contributed by atoms with Crippen LogP contribution in [-0.2, 0) is 16.0 Å². The van der Waals surface area contributed by atoms with E-state index >= 15 is 0 Å². The number of aromatic nitrogens is 1. The van der Waals surface area contributed by atoms with Crippen molar-refractivity contribution in [3.63, 3.8) is 0 Å². The smallest absolute Gasteiger partial charge is 0.212 e. The van der Waals surface area contributed by atoms with Crippen LogP contribution in [0.4, 0.5) is 0 Å². The van der Waals surface area contributed by atoms with Gasteiger partial charge in [0.05, 0.1) is 11.5 Å². The molecule has 0 aliphatic carbocycles. The van der Waals surface area contributed by atoms with Crippen molar-refractivity contribution < 1.29 is 9.59 Å². The first kappa shape index (κ1) is 13.0. The van der Waals surface area contributed by atoms with Crippen molar-refractivity contribution in [3.05, 3.63) is 30.1 Å². The monoisotopic (exact) mass is 229 g/mol. The fourth-order valence-corrected chi connectivity index (χ4v) is 1.44. The summed E-state index contributed by atoms with van der Waals surface area (Å²) in [7, 11) is 0. The summed E-state index contributed by atoms with van der Waals surface area (Å²) in [5.74, 6) is -1.24. The van der Waals surface area contributed by atoms with Crippen molar-refractivity contribution in [2.75, 3.05) is 0 Å². The number of nitriles is 1. The minimum absolute atomic E-state index is 0.272. The lowest BCUT2D eigenvalue weighted by Crippen LogP contribution is -2.32. The van der Waals surface area contributed by atoms with Crippen molar-refractivity contribution in [1.29, 1.82) is 5.26 Å². The Morgan fingerprint density at radius 3 is 2.76 bits per heavy atom. The second-order valence-electron chi connectivity index (χ2n) is 4.34. The highest BCUT2D eigenvalue weighted by Gasteiger charge is 2.34. The predicted octanol–water partition coefficient (Wildman–Crippen LogP) is 1.47. The SMILES string of the molecule is CC(C)([C]=O)C(=O)C(C#N)Cc1cccnc1. The van der Waals surface area contributed by atoms with Gasteiger partial charge in [0.1, 0.15) is 5.92 Å². The van der Waals surface area contributed by atoms with Crippen LogP contribution in [0.1, 0.15) is 19.4 Å². The number of carbonyl (C=O) groups is 1. The second-order valence-corrected chi connectivity index (χ2v) is 4.34. The number of rotatable bonds is 5. The highest BCUT2D eigenvalue weighted by Crippen LogP contribution is 2.21. The maximum atomic E-state index is 11.9. The standard InChI is InChI=1S/C13H13N2O2/c1-13(2,9-16)12(17)11(7-14)6-10-4-3-5-15-8-10/h3-5,8,11H,6H2,1-2H3. The number of hydrogen-bond acceptors (Lipinski definition) is 4. The van der Waals surface area contributed by atoms with Crippen LogP contribution in [0.15, 0.2) is 24.5 Å². The Labute approximate surface area is 100 Å². The van der Waals surface area contributed by atoms with E-state index in [1.54, 1.807) is 30.8 Å². The van der Waals surface area contributed by atoms with Crippen LogP contribution < -0.4 is 0 Å². The molecule has 0 spiro atoms. The zero-order valence-electron chi connectivity index (χ0n) is 9.80. The number of ketones is 1. The Bertz CT molecular complexity index is 446. The predicted molar refractivity (Wildman–Crippen MR) is 61.5 cm³/mol. The van der Waals surface area contributed by atoms with Gasteiger partial charge in [-0.1, -0.05) is 6.07 Å². The lowest BCUT2D eigenvalue weighted by Gasteiger charge is -2.17. The summed E-state index contributed by atoms with van der Waals surface area (Å²) in [5.41, 5.74) is -0.433. The summed E-state index contributed by atoms with van der Waals surface area (Å²) in [6.45, 7) is 2.94. The second kappa shape index (κ2) is 5.35. The maximum absolute atomic E-state index is 11.9. The van der Waals surface area contributed by atoms with E-state index in [1.165, 1.54) is 13.8 Å². The average Bonchev–Trinajstić information content (AvgIpc) is 2.36. The Morgan fingerprint density at radius 1 is 1.59 bits per heavy atom. The van der Waals surface area contributed by atoms with Gasteiger partial charge < -0.3 is 0 Å². The van der Waals surface area contributed by atoms with Crippen molar-refractivity contribution >= 4 is 12.1 Å². The van der Waals surface area contributed by atoms with Crippen LogP contribution in [0.3, 0.4) is 0 Å². The highest BCUT2D eigenvalue weighted by molar-refractivity contribution is 6.00. The molecule has 1 aromatic heterocycles. The van der Waals surface area contributed by atoms with E-state index in [4.69, 9.17) is 5.26 Å². The quantitative estimate of drug-likeness (QED) is 0.717. The Morgan fingerprint density at radius 2 is 2.29 bits per heavy atom. The molecule has 4 nitrogen and oxygen atoms in total. The van der Waals surface area contributed by atoms with Gasteiger partial charge in [0.15, 0.2) is 5.78 Å². The molecule has 0 fully saturated rings. The van der Waals surface area contributed by atoms with Crippen molar-refractivity contribution in [2.45, 2.75) is 20.3 Å². The fraction of sp³-hybridized carbons (Fsp3) is 0.385. The van der Waals surface area contributed by atoms with Gasteiger partial charge in [0, 0.05) is 12.4 Å². The Kier molecular flexibility index (Phi) is 4.11. The molecule has 87 valence electrons. The Hall–Kier alpha value is -2.02. The third kappa shape index (κ3) is 3.22. The molecule has 1 unspecified atom stereocenters. The third-order valence-corrected chi connectivity index (χ3v) is 2.51. The molecule has 1 radical (unpaired) electrons. The van der Waals surface area contributed by atoms with Crippen molar-refractivity contribution in [3.8, 4) is 6.07 Å². The average molecular weight is 229 g/mol. The molecule has 1 rings (SSSR count). The van der Waals surface area contributed by atoms with E-state index in [1.807, 2.05) is 6.07 Å². The summed E-state index contributed by atoms with van der Waals surface area (Å²) in [4.78, 5) is 26.5. The minimum Gasteiger partial charge on any atom is -0.297 e. The van der Waals surface area contributed by atoms with Crippen molar-refractivity contribution in [1.82, 2.24) is 4.98 Å². The van der Waals surface area contributed by atoms with Gasteiger partial charge in [-0.25, -0.2) is 0 Å². The van der Waals surface area contributed by atoms with Crippen LogP contribution in [0, 0.1) is 22.7 Å². The van der Waals surface area contributed by atoms with Gasteiger partial charge in [-0.15, -0.1) is 0 Å². The summed E-state index contributed by atoms with van der Waals surface area (Å²) >= 11 is 0. The maximum Gasteiger partial charge on any atom is 0.212 e. The van der Waals surface area contributed by atoms with E-state index in [9.17, 15) is 9.59 Å². The first-order chi connectivity index (χ1) is 8.01. The largest absolute Gasteiger partial charge is 0.297 e. The number of pyridine rings is 1. The van der Waals surface area contributed by atoms with E-state index in [0.29, 0.717) is 0 Å². The molecule has 1 aromatic rings. The minimum atomic E-state index is -1.23. The van der Waals surface area contributed by atoms with Gasteiger partial charge in [0.2, 0.25) is 6.29 Å². The first-order valence-electron chi connectivity index (χ1n) is 5.23. The van der Waals surface area contributed by atoms with Gasteiger partial charge in [0.25, 0.3) is 0 Å². The zero-order chi connectivity index (χ0) is 12.9. The van der Waals surface area contributed by atoms with Gasteiger partial charge in [-0.3, -0.25) is 14.6 Å². The van der Waals surface area contributed by atoms with Gasteiger partial charge >= 0.3 is 0 Å². The molecule has 0 aromatic carbocycles. The lowest BCUT2D eigenvalue weighted by molar-refractivity contribution is -0.126. The van der Waals surface area contributed by atoms with Crippen LogP contribution in [0.5, 0.6) is 0 Å². The normalized spacial score (nSPS) is 12.5. The molecule has 0 saturated carbocycles. The highest BCUT2D eigenvalue weighted by atomic mass is 16.1. The molecular formula is C13H13N2O2. The molecule has 0 aliphatic heterocycles. The van der Waals surface area contributed by atoms with Gasteiger partial charge in [-0.05, 0) is 31.9 Å². The van der Waals surface area contributed by atoms with E-state index in [2.05, 4.69) is 4.98 Å². The van der Waals surface area contributed by atoms with Crippen LogP contribution in [0.2, 0.25) is 0 Å². The molecule has 0 aliphatic rings. The van der Waals surface area contributed by atoms with E-state index in [0.717, 1.165) is 5.56 Å². The van der Waals surface area contributed by atoms with Crippen LogP contribution >= 0.6 is 0 Å². The third-order valence-electron chi connectivity index (χ3n) is 2.51. The Balaban J connectivity index is 2.85. The fourth-order valence-electron chi connectivity index (χ4n) is 1.44. The summed E-state index contributed by atoms with van der Waals surface area (Å²) < 4.78 is 0. The first-order valence-corrected chi connectivity index (χ1v) is 5.23. The number of hydrogen-bond donors (Lipinski definition) is 0. The zero-order valence-corrected chi connectivity index (χ0v) is 9.80. The van der Waals surface area contributed by atoms with Gasteiger partial charge in [-0.2, -0.15) is 5.26 Å². The number of Topliss-reactive ketones (excluding diaryl/α,β-unsaturated/α-hetero) is 1. The van der Waals surface area contributed by atoms with Crippen LogP contribution in [0.25, 0.3) is 0 Å². The number of nitrogens with zero attached hydrogens (tertiary/aromatic N) is 2. The molecule has 17 heavy (non-hydrogen) atoms. The summed E-state index contributed by atoms with van der Waals surface area (Å²) in [5, 5.41) is 9.00. The molecule has 0 N–H and O–H groups in total. The summed E-state index contributed by atoms with van der Waals surface area (Å²) in [6.07, 6.45) is 5.17. The summed E-state index contributed by atoms with van der Waals surface area (Å²) in [6, 6.07) is 5.47. The number of carbonyl (C=O) groups excluding carboxylic acids is 2. The molecule has 0 saturated heterocycles. The van der Waals surface area contributed by atoms with Crippen molar-refractivity contribution in [2.24, 2.45) is 11.3 Å². The van der Waals surface area contributed by atoms with E-state index < -0.39 is 17.1 Å². The molecule has 1 atom stereocenters. The van der Waals surface area contributed by atoms with Crippen LogP contribution in [-0.4, -0.2) is 17.1 Å². The molecule has 0 bridgehead atoms. The van der Waals surface area contributed by atoms with E-state index in [-0.39, 0.29) is 6.42 Å². The topological polar surface area (TPSA) is 70.8 Å². The molecule has 4 heteroatoms.